The van der Waals surface area contributed by atoms with Gasteiger partial charge in [-0.3, -0.25) is 4.90 Å². The van der Waals surface area contributed by atoms with Crippen LogP contribution < -0.4 is 10.2 Å². The summed E-state index contributed by atoms with van der Waals surface area (Å²) >= 11 is 0. The normalized spacial score (nSPS) is 14.9. The predicted octanol–water partition coefficient (Wildman–Crippen LogP) is 3.05. The van der Waals surface area contributed by atoms with E-state index in [0.717, 1.165) is 5.56 Å². The summed E-state index contributed by atoms with van der Waals surface area (Å²) in [5.41, 5.74) is 0.883. The van der Waals surface area contributed by atoms with Crippen molar-refractivity contribution in [3.8, 4) is 11.4 Å². The number of nitrogens with zero attached hydrogens (tertiary/aromatic N) is 5. The quantitative estimate of drug-likeness (QED) is 0.709. The SMILES string of the molecule is CCC(Nc1nccc(N2CCOC2=O)n1)c1nc(-c2ccccc2)no1. The number of benzene rings is 1. The third kappa shape index (κ3) is 3.57. The molecule has 0 saturated carbocycles. The van der Waals surface area contributed by atoms with E-state index in [1.54, 1.807) is 12.3 Å². The maximum atomic E-state index is 11.7. The highest BCUT2D eigenvalue weighted by atomic mass is 16.6. The summed E-state index contributed by atoms with van der Waals surface area (Å²) in [5.74, 6) is 1.84. The lowest BCUT2D eigenvalue weighted by Crippen LogP contribution is -2.25. The van der Waals surface area contributed by atoms with Crippen LogP contribution in [0.15, 0.2) is 47.1 Å². The number of hydrogen-bond acceptors (Lipinski definition) is 8. The molecule has 1 amide bonds. The van der Waals surface area contributed by atoms with Crippen LogP contribution in [0, 0.1) is 0 Å². The molecule has 1 fully saturated rings. The summed E-state index contributed by atoms with van der Waals surface area (Å²) in [6.07, 6.45) is 1.87. The Balaban J connectivity index is 1.53. The maximum absolute atomic E-state index is 11.7. The second-order valence-corrected chi connectivity index (χ2v) is 5.93. The molecule has 1 atom stereocenters. The Bertz CT molecular complexity index is 930. The molecular formula is C18H18N6O3. The number of aromatic nitrogens is 4. The van der Waals surface area contributed by atoms with E-state index in [2.05, 4.69) is 25.4 Å². The number of carbonyl (C=O) groups excluding carboxylic acids is 1. The highest BCUT2D eigenvalue weighted by molar-refractivity contribution is 5.88. The zero-order chi connectivity index (χ0) is 18.6. The van der Waals surface area contributed by atoms with Crippen LogP contribution in [-0.4, -0.2) is 39.4 Å². The third-order valence-corrected chi connectivity index (χ3v) is 4.16. The minimum absolute atomic E-state index is 0.254. The highest BCUT2D eigenvalue weighted by Crippen LogP contribution is 2.24. The Morgan fingerprint density at radius 2 is 2.07 bits per heavy atom. The van der Waals surface area contributed by atoms with Gasteiger partial charge in [0.15, 0.2) is 0 Å². The first-order chi connectivity index (χ1) is 13.2. The molecule has 1 aromatic carbocycles. The third-order valence-electron chi connectivity index (χ3n) is 4.16. The van der Waals surface area contributed by atoms with Gasteiger partial charge in [-0.25, -0.2) is 9.78 Å². The van der Waals surface area contributed by atoms with Gasteiger partial charge in [0.2, 0.25) is 17.7 Å². The molecule has 1 saturated heterocycles. The molecule has 27 heavy (non-hydrogen) atoms. The Morgan fingerprint density at radius 3 is 2.81 bits per heavy atom. The van der Waals surface area contributed by atoms with Crippen LogP contribution in [0.3, 0.4) is 0 Å². The monoisotopic (exact) mass is 366 g/mol. The number of amides is 1. The topological polar surface area (TPSA) is 106 Å². The van der Waals surface area contributed by atoms with E-state index in [-0.39, 0.29) is 6.04 Å². The van der Waals surface area contributed by atoms with Crippen molar-refractivity contribution >= 4 is 17.9 Å². The summed E-state index contributed by atoms with van der Waals surface area (Å²) < 4.78 is 10.4. The minimum atomic E-state index is -0.406. The van der Waals surface area contributed by atoms with Crippen molar-refractivity contribution in [2.24, 2.45) is 0 Å². The molecule has 0 aliphatic carbocycles. The van der Waals surface area contributed by atoms with Crippen molar-refractivity contribution in [2.45, 2.75) is 19.4 Å². The maximum Gasteiger partial charge on any atom is 0.415 e. The van der Waals surface area contributed by atoms with Gasteiger partial charge in [0.25, 0.3) is 0 Å². The first-order valence-corrected chi connectivity index (χ1v) is 8.67. The van der Waals surface area contributed by atoms with Crippen molar-refractivity contribution in [3.63, 3.8) is 0 Å². The fourth-order valence-electron chi connectivity index (χ4n) is 2.75. The fourth-order valence-corrected chi connectivity index (χ4v) is 2.75. The minimum Gasteiger partial charge on any atom is -0.447 e. The summed E-state index contributed by atoms with van der Waals surface area (Å²) in [6.45, 7) is 2.82. The lowest BCUT2D eigenvalue weighted by Gasteiger charge is -2.15. The van der Waals surface area contributed by atoms with Gasteiger partial charge in [-0.2, -0.15) is 9.97 Å². The Morgan fingerprint density at radius 1 is 1.22 bits per heavy atom. The van der Waals surface area contributed by atoms with Crippen LogP contribution in [0.2, 0.25) is 0 Å². The van der Waals surface area contributed by atoms with Crippen LogP contribution in [0.5, 0.6) is 0 Å². The lowest BCUT2D eigenvalue weighted by molar-refractivity contribution is 0.181. The van der Waals surface area contributed by atoms with Gasteiger partial charge < -0.3 is 14.6 Å². The second kappa shape index (κ2) is 7.40. The first kappa shape index (κ1) is 17.0. The van der Waals surface area contributed by atoms with E-state index in [1.807, 2.05) is 37.3 Å². The lowest BCUT2D eigenvalue weighted by atomic mass is 10.2. The molecule has 9 heteroatoms. The van der Waals surface area contributed by atoms with Gasteiger partial charge in [-0.15, -0.1) is 0 Å². The number of ether oxygens (including phenoxy) is 1. The molecule has 0 bridgehead atoms. The zero-order valence-corrected chi connectivity index (χ0v) is 14.7. The highest BCUT2D eigenvalue weighted by Gasteiger charge is 2.25. The van der Waals surface area contributed by atoms with Gasteiger partial charge in [-0.05, 0) is 12.5 Å². The molecule has 2 aromatic heterocycles. The zero-order valence-electron chi connectivity index (χ0n) is 14.7. The second-order valence-electron chi connectivity index (χ2n) is 5.93. The Labute approximate surface area is 155 Å². The number of rotatable bonds is 6. The van der Waals surface area contributed by atoms with Crippen LogP contribution in [-0.2, 0) is 4.74 Å². The molecule has 0 radical (unpaired) electrons. The molecule has 1 aliphatic heterocycles. The van der Waals surface area contributed by atoms with E-state index < -0.39 is 6.09 Å². The van der Waals surface area contributed by atoms with Gasteiger partial charge >= 0.3 is 6.09 Å². The Kier molecular flexibility index (Phi) is 4.65. The molecule has 1 unspecified atom stereocenters. The summed E-state index contributed by atoms with van der Waals surface area (Å²) in [4.78, 5) is 26.3. The molecule has 0 spiro atoms. The standard InChI is InChI=1S/C18H18N6O3/c1-2-13(16-22-15(23-27-16)12-6-4-3-5-7-12)20-17-19-9-8-14(21-17)24-10-11-26-18(24)25/h3-9,13H,2,10-11H2,1H3,(H,19,20,21). The smallest absolute Gasteiger partial charge is 0.415 e. The van der Waals surface area contributed by atoms with E-state index in [9.17, 15) is 4.79 Å². The van der Waals surface area contributed by atoms with E-state index in [1.165, 1.54) is 4.90 Å². The molecule has 1 aliphatic rings. The van der Waals surface area contributed by atoms with Crippen molar-refractivity contribution in [1.29, 1.82) is 0 Å². The molecular weight excluding hydrogens is 348 g/mol. The van der Waals surface area contributed by atoms with Crippen LogP contribution in [0.1, 0.15) is 25.3 Å². The van der Waals surface area contributed by atoms with Crippen molar-refractivity contribution in [3.05, 3.63) is 48.5 Å². The summed E-state index contributed by atoms with van der Waals surface area (Å²) in [7, 11) is 0. The largest absolute Gasteiger partial charge is 0.447 e. The molecule has 4 rings (SSSR count). The molecule has 3 heterocycles. The Hall–Kier alpha value is -3.49. The van der Waals surface area contributed by atoms with Crippen molar-refractivity contribution in [2.75, 3.05) is 23.4 Å². The van der Waals surface area contributed by atoms with Gasteiger partial charge in [0.05, 0.1) is 6.54 Å². The van der Waals surface area contributed by atoms with Crippen LogP contribution in [0.25, 0.3) is 11.4 Å². The van der Waals surface area contributed by atoms with Gasteiger partial charge in [-0.1, -0.05) is 42.4 Å². The van der Waals surface area contributed by atoms with Gasteiger partial charge in [0, 0.05) is 11.8 Å². The fraction of sp³-hybridized carbons (Fsp3) is 0.278. The van der Waals surface area contributed by atoms with Gasteiger partial charge in [0.1, 0.15) is 18.5 Å². The molecule has 138 valence electrons. The number of cyclic esters (lactones) is 1. The van der Waals surface area contributed by atoms with Crippen LogP contribution in [0.4, 0.5) is 16.6 Å². The molecule has 1 N–H and O–H groups in total. The van der Waals surface area contributed by atoms with Crippen molar-refractivity contribution < 1.29 is 14.1 Å². The number of carbonyl (C=O) groups is 1. The number of hydrogen-bond donors (Lipinski definition) is 1. The number of nitrogens with one attached hydrogen (secondary N) is 1. The van der Waals surface area contributed by atoms with Crippen molar-refractivity contribution in [1.82, 2.24) is 20.1 Å². The van der Waals surface area contributed by atoms with E-state index in [0.29, 0.717) is 43.1 Å². The average Bonchev–Trinajstić information content (AvgIpc) is 3.36. The summed E-state index contributed by atoms with van der Waals surface area (Å²) in [6, 6.07) is 11.0. The van der Waals surface area contributed by atoms with E-state index in [4.69, 9.17) is 9.26 Å². The van der Waals surface area contributed by atoms with Crippen LogP contribution >= 0.6 is 0 Å². The average molecular weight is 366 g/mol. The first-order valence-electron chi connectivity index (χ1n) is 8.67. The molecule has 9 nitrogen and oxygen atoms in total. The predicted molar refractivity (Wildman–Crippen MR) is 97.1 cm³/mol. The van der Waals surface area contributed by atoms with E-state index >= 15 is 0 Å². The molecule has 3 aromatic rings. The summed E-state index contributed by atoms with van der Waals surface area (Å²) in [5, 5.41) is 7.24. The number of anilines is 2.